The molecular formula is C14H19FN2O4. The average Bonchev–Trinajstić information content (AvgIpc) is 2.37. The Morgan fingerprint density at radius 3 is 2.62 bits per heavy atom. The predicted molar refractivity (Wildman–Crippen MR) is 76.8 cm³/mol. The average molecular weight is 298 g/mol. The lowest BCUT2D eigenvalue weighted by Crippen LogP contribution is -2.16. The minimum atomic E-state index is -0.823. The second-order valence-corrected chi connectivity index (χ2v) is 5.17. The topological polar surface area (TPSA) is 92.5 Å². The van der Waals surface area contributed by atoms with Crippen molar-refractivity contribution in [1.82, 2.24) is 0 Å². The van der Waals surface area contributed by atoms with E-state index in [0.717, 1.165) is 6.07 Å². The van der Waals surface area contributed by atoms with Crippen LogP contribution in [0.15, 0.2) is 18.2 Å². The maximum Gasteiger partial charge on any atom is 0.306 e. The van der Waals surface area contributed by atoms with Gasteiger partial charge in [-0.3, -0.25) is 14.9 Å². The molecule has 21 heavy (non-hydrogen) atoms. The van der Waals surface area contributed by atoms with Gasteiger partial charge in [-0.15, -0.1) is 0 Å². The fourth-order valence-corrected chi connectivity index (χ4v) is 1.97. The van der Waals surface area contributed by atoms with Gasteiger partial charge in [0.15, 0.2) is 0 Å². The third-order valence-corrected chi connectivity index (χ3v) is 3.20. The van der Waals surface area contributed by atoms with Gasteiger partial charge in [0.25, 0.3) is 5.69 Å². The number of benzene rings is 1. The zero-order chi connectivity index (χ0) is 16.0. The molecule has 0 aliphatic carbocycles. The van der Waals surface area contributed by atoms with E-state index in [0.29, 0.717) is 24.9 Å². The summed E-state index contributed by atoms with van der Waals surface area (Å²) in [6.07, 6.45) is 1.96. The van der Waals surface area contributed by atoms with Crippen LogP contribution in [0.25, 0.3) is 0 Å². The van der Waals surface area contributed by atoms with Gasteiger partial charge in [0.05, 0.1) is 16.9 Å². The molecule has 6 nitrogen and oxygen atoms in total. The predicted octanol–water partition coefficient (Wildman–Crippen LogP) is 3.43. The van der Waals surface area contributed by atoms with E-state index in [1.54, 1.807) is 6.92 Å². The van der Waals surface area contributed by atoms with E-state index in [2.05, 4.69) is 5.32 Å². The zero-order valence-corrected chi connectivity index (χ0v) is 12.0. The van der Waals surface area contributed by atoms with Crippen molar-refractivity contribution in [2.24, 2.45) is 5.92 Å². The normalized spacial score (nSPS) is 13.5. The molecule has 0 aliphatic rings. The second-order valence-electron chi connectivity index (χ2n) is 5.17. The summed E-state index contributed by atoms with van der Waals surface area (Å²) >= 11 is 0. The minimum Gasteiger partial charge on any atom is -0.481 e. The molecule has 0 spiro atoms. The quantitative estimate of drug-likeness (QED) is 0.566. The number of nitro groups is 1. The Morgan fingerprint density at radius 2 is 2.05 bits per heavy atom. The number of nitrogens with one attached hydrogen (secondary N) is 1. The number of hydrogen-bond donors (Lipinski definition) is 2. The number of anilines is 1. The maximum absolute atomic E-state index is 13.3. The number of non-ortho nitro benzene ring substituents is 1. The lowest BCUT2D eigenvalue weighted by atomic mass is 10.0. The molecule has 7 heteroatoms. The first-order chi connectivity index (χ1) is 9.79. The molecule has 2 atom stereocenters. The van der Waals surface area contributed by atoms with Crippen molar-refractivity contribution in [2.45, 2.75) is 39.2 Å². The van der Waals surface area contributed by atoms with Gasteiger partial charge in [-0.05, 0) is 25.8 Å². The summed E-state index contributed by atoms with van der Waals surface area (Å²) in [5.41, 5.74) is 0.0460. The van der Waals surface area contributed by atoms with E-state index in [4.69, 9.17) is 5.11 Å². The van der Waals surface area contributed by atoms with Crippen LogP contribution in [-0.2, 0) is 4.79 Å². The fourth-order valence-electron chi connectivity index (χ4n) is 1.97. The van der Waals surface area contributed by atoms with Crippen molar-refractivity contribution >= 4 is 17.3 Å². The molecule has 2 N–H and O–H groups in total. The highest BCUT2D eigenvalue weighted by Gasteiger charge is 2.13. The van der Waals surface area contributed by atoms with E-state index >= 15 is 0 Å². The monoisotopic (exact) mass is 298 g/mol. The summed E-state index contributed by atoms with van der Waals surface area (Å²) in [5, 5.41) is 22.4. The highest BCUT2D eigenvalue weighted by molar-refractivity contribution is 5.69. The van der Waals surface area contributed by atoms with Gasteiger partial charge >= 0.3 is 5.97 Å². The molecular weight excluding hydrogens is 279 g/mol. The van der Waals surface area contributed by atoms with Crippen LogP contribution in [0, 0.1) is 21.8 Å². The number of nitrogens with zero attached hydrogens (tertiary/aromatic N) is 1. The summed E-state index contributed by atoms with van der Waals surface area (Å²) in [5.74, 6) is -1.89. The first kappa shape index (κ1) is 16.9. The number of aliphatic carboxylic acids is 1. The van der Waals surface area contributed by atoms with Crippen molar-refractivity contribution in [3.05, 3.63) is 34.1 Å². The summed E-state index contributed by atoms with van der Waals surface area (Å²) in [6.45, 7) is 3.51. The first-order valence-electron chi connectivity index (χ1n) is 6.74. The Hall–Kier alpha value is -2.18. The van der Waals surface area contributed by atoms with E-state index < -0.39 is 22.6 Å². The van der Waals surface area contributed by atoms with E-state index in [1.165, 1.54) is 12.1 Å². The van der Waals surface area contributed by atoms with Gasteiger partial charge < -0.3 is 10.4 Å². The van der Waals surface area contributed by atoms with Crippen LogP contribution in [0.3, 0.4) is 0 Å². The third kappa shape index (κ3) is 5.76. The van der Waals surface area contributed by atoms with Crippen LogP contribution in [-0.4, -0.2) is 22.0 Å². The molecule has 0 aromatic heterocycles. The van der Waals surface area contributed by atoms with Gasteiger partial charge in [-0.25, -0.2) is 4.39 Å². The molecule has 0 radical (unpaired) electrons. The van der Waals surface area contributed by atoms with Gasteiger partial charge in [-0.2, -0.15) is 0 Å². The SMILES string of the molecule is CC(CCCC(C)C(=O)O)Nc1cc(F)cc([N+](=O)[O-])c1. The highest BCUT2D eigenvalue weighted by atomic mass is 19.1. The lowest BCUT2D eigenvalue weighted by molar-refractivity contribution is -0.385. The standard InChI is InChI=1S/C14H19FN2O4/c1-9(14(18)19)4-3-5-10(2)16-12-6-11(15)7-13(8-12)17(20)21/h6-10,16H,3-5H2,1-2H3,(H,18,19). The van der Waals surface area contributed by atoms with E-state index in [1.807, 2.05) is 6.92 Å². The maximum atomic E-state index is 13.3. The highest BCUT2D eigenvalue weighted by Crippen LogP contribution is 2.21. The van der Waals surface area contributed by atoms with Crippen LogP contribution in [0.5, 0.6) is 0 Å². The van der Waals surface area contributed by atoms with Crippen molar-refractivity contribution in [1.29, 1.82) is 0 Å². The molecule has 0 fully saturated rings. The molecule has 0 heterocycles. The van der Waals surface area contributed by atoms with Gasteiger partial charge in [0.1, 0.15) is 5.82 Å². The number of halogens is 1. The van der Waals surface area contributed by atoms with Crippen LogP contribution in [0.1, 0.15) is 33.1 Å². The number of carboxylic acids is 1. The summed E-state index contributed by atoms with van der Waals surface area (Å²) in [7, 11) is 0. The zero-order valence-electron chi connectivity index (χ0n) is 12.0. The van der Waals surface area contributed by atoms with Gasteiger partial charge in [-0.1, -0.05) is 13.3 Å². The Morgan fingerprint density at radius 1 is 1.38 bits per heavy atom. The van der Waals surface area contributed by atoms with Crippen molar-refractivity contribution < 1.29 is 19.2 Å². The molecule has 0 bridgehead atoms. The number of hydrogen-bond acceptors (Lipinski definition) is 4. The Labute approximate surface area is 122 Å². The molecule has 1 rings (SSSR count). The summed E-state index contributed by atoms with van der Waals surface area (Å²) in [6, 6.07) is 3.31. The summed E-state index contributed by atoms with van der Waals surface area (Å²) < 4.78 is 13.3. The minimum absolute atomic E-state index is 0.0348. The first-order valence-corrected chi connectivity index (χ1v) is 6.74. The Kier molecular flexibility index (Phi) is 6.08. The van der Waals surface area contributed by atoms with Crippen molar-refractivity contribution in [2.75, 3.05) is 5.32 Å². The molecule has 0 aliphatic heterocycles. The van der Waals surface area contributed by atoms with Crippen LogP contribution >= 0.6 is 0 Å². The Balaban J connectivity index is 2.53. The van der Waals surface area contributed by atoms with Crippen molar-refractivity contribution in [3.8, 4) is 0 Å². The van der Waals surface area contributed by atoms with Crippen LogP contribution in [0.2, 0.25) is 0 Å². The van der Waals surface area contributed by atoms with E-state index in [-0.39, 0.29) is 11.7 Å². The molecule has 1 aromatic carbocycles. The van der Waals surface area contributed by atoms with E-state index in [9.17, 15) is 19.3 Å². The molecule has 0 amide bonds. The number of carboxylic acid groups (broad SMARTS) is 1. The van der Waals surface area contributed by atoms with Crippen LogP contribution < -0.4 is 5.32 Å². The van der Waals surface area contributed by atoms with Gasteiger partial charge in [0, 0.05) is 17.8 Å². The number of rotatable bonds is 8. The smallest absolute Gasteiger partial charge is 0.306 e. The van der Waals surface area contributed by atoms with Gasteiger partial charge in [0.2, 0.25) is 0 Å². The molecule has 116 valence electrons. The summed E-state index contributed by atoms with van der Waals surface area (Å²) in [4.78, 5) is 20.7. The molecule has 0 saturated carbocycles. The van der Waals surface area contributed by atoms with Crippen LogP contribution in [0.4, 0.5) is 15.8 Å². The largest absolute Gasteiger partial charge is 0.481 e. The Bertz CT molecular complexity index is 522. The fraction of sp³-hybridized carbons (Fsp3) is 0.500. The third-order valence-electron chi connectivity index (χ3n) is 3.20. The van der Waals surface area contributed by atoms with Crippen molar-refractivity contribution in [3.63, 3.8) is 0 Å². The second kappa shape index (κ2) is 7.56. The molecule has 1 aromatic rings. The molecule has 2 unspecified atom stereocenters. The molecule has 0 saturated heterocycles. The number of nitro benzene ring substituents is 1. The number of carbonyl (C=O) groups is 1. The lowest BCUT2D eigenvalue weighted by Gasteiger charge is -2.15.